The first-order chi connectivity index (χ1) is 22.4. The second-order valence-electron chi connectivity index (χ2n) is 14.4. The quantitative estimate of drug-likeness (QED) is 0.106. The molecule has 2 atom stereocenters. The molecule has 262 valence electrons. The van der Waals surface area contributed by atoms with Crippen LogP contribution in [0.25, 0.3) is 0 Å². The van der Waals surface area contributed by atoms with E-state index in [1.807, 2.05) is 0 Å². The molecule has 2 aliphatic carbocycles. The number of aryl methyl sites for hydroxylation is 1. The van der Waals surface area contributed by atoms with Crippen molar-refractivity contribution in [2.75, 3.05) is 41.9 Å². The minimum Gasteiger partial charge on any atom is -0.462 e. The highest BCUT2D eigenvalue weighted by atomic mass is 16.6. The zero-order valence-corrected chi connectivity index (χ0v) is 28.5. The molecule has 2 saturated carbocycles. The van der Waals surface area contributed by atoms with Crippen LogP contribution in [-0.2, 0) is 19.1 Å². The van der Waals surface area contributed by atoms with Crippen molar-refractivity contribution in [1.82, 2.24) is 0 Å². The van der Waals surface area contributed by atoms with E-state index < -0.39 is 40.9 Å². The van der Waals surface area contributed by atoms with Crippen molar-refractivity contribution in [2.45, 2.75) is 86.0 Å². The maximum atomic E-state index is 13.4. The van der Waals surface area contributed by atoms with Crippen LogP contribution >= 0.6 is 0 Å². The van der Waals surface area contributed by atoms with Crippen LogP contribution in [0.2, 0.25) is 0 Å². The summed E-state index contributed by atoms with van der Waals surface area (Å²) in [5.74, 6) is -5.73. The Kier molecular flexibility index (Phi) is 10.7. The van der Waals surface area contributed by atoms with Gasteiger partial charge in [0.25, 0.3) is 0 Å². The average molecular weight is 668 g/mol. The topological polar surface area (TPSA) is 235 Å². The minimum atomic E-state index is -1.59. The SMILES string of the molecule is Cc1cc(N)c(OC(=O)C(=O)Oc2c(N)cc(N)c(N)c2C(=O)OCC2CCCCC2(C)C)c(C(=O)OCC2CCCCC2(C)C)c1N. The Balaban J connectivity index is 1.55. The third-order valence-electron chi connectivity index (χ3n) is 10.2. The van der Waals surface area contributed by atoms with E-state index in [1.165, 1.54) is 12.1 Å². The van der Waals surface area contributed by atoms with E-state index in [0.717, 1.165) is 51.4 Å². The van der Waals surface area contributed by atoms with Gasteiger partial charge in [0, 0.05) is 0 Å². The fourth-order valence-corrected chi connectivity index (χ4v) is 6.70. The Bertz CT molecular complexity index is 1480. The third-order valence-corrected chi connectivity index (χ3v) is 10.2. The highest BCUT2D eigenvalue weighted by molar-refractivity contribution is 6.31. The van der Waals surface area contributed by atoms with E-state index in [2.05, 4.69) is 27.7 Å². The summed E-state index contributed by atoms with van der Waals surface area (Å²) in [6, 6.07) is 2.58. The average Bonchev–Trinajstić information content (AvgIpc) is 3.00. The van der Waals surface area contributed by atoms with Gasteiger partial charge in [-0.15, -0.1) is 0 Å². The predicted molar refractivity (Wildman–Crippen MR) is 183 cm³/mol. The zero-order valence-electron chi connectivity index (χ0n) is 28.5. The standard InChI is InChI=1S/C35H49N5O8/c1-18-14-22(37)28(24(26(18)39)30(41)45-16-19-10-6-8-12-34(19,2)3)47-32(43)33(44)48-29-23(38)15-21(36)27(40)25(29)31(42)46-17-20-11-7-9-13-35(20,4)5/h14-15,19-20H,6-13,16-17,36-40H2,1-5H3. The molecule has 0 bridgehead atoms. The molecular weight excluding hydrogens is 618 g/mol. The lowest BCUT2D eigenvalue weighted by Gasteiger charge is -2.38. The molecule has 13 nitrogen and oxygen atoms in total. The molecule has 0 spiro atoms. The van der Waals surface area contributed by atoms with Crippen LogP contribution in [0, 0.1) is 29.6 Å². The van der Waals surface area contributed by atoms with Gasteiger partial charge in [-0.3, -0.25) is 0 Å². The van der Waals surface area contributed by atoms with Crippen molar-refractivity contribution in [2.24, 2.45) is 22.7 Å². The van der Waals surface area contributed by atoms with Gasteiger partial charge >= 0.3 is 23.9 Å². The smallest absolute Gasteiger partial charge is 0.423 e. The molecule has 2 aromatic carbocycles. The van der Waals surface area contributed by atoms with Crippen molar-refractivity contribution in [3.05, 3.63) is 28.8 Å². The van der Waals surface area contributed by atoms with Crippen LogP contribution in [0.1, 0.15) is 105 Å². The minimum absolute atomic E-state index is 0.0279. The van der Waals surface area contributed by atoms with Gasteiger partial charge in [0.1, 0.15) is 11.1 Å². The van der Waals surface area contributed by atoms with Gasteiger partial charge in [-0.1, -0.05) is 53.4 Å². The van der Waals surface area contributed by atoms with E-state index in [9.17, 15) is 19.2 Å². The Labute approximate surface area is 281 Å². The fraction of sp³-hybridized carbons (Fsp3) is 0.543. The van der Waals surface area contributed by atoms with Gasteiger partial charge in [0.05, 0.1) is 41.7 Å². The first kappa shape index (κ1) is 36.2. The predicted octanol–water partition coefficient (Wildman–Crippen LogP) is 5.16. The van der Waals surface area contributed by atoms with E-state index in [0.29, 0.717) is 5.56 Å². The van der Waals surface area contributed by atoms with Crippen LogP contribution in [0.3, 0.4) is 0 Å². The number of nitrogens with two attached hydrogens (primary N) is 5. The second kappa shape index (κ2) is 14.2. The van der Waals surface area contributed by atoms with E-state index in [1.54, 1.807) is 6.92 Å². The number of hydrogen-bond donors (Lipinski definition) is 5. The first-order valence-electron chi connectivity index (χ1n) is 16.4. The molecule has 2 aliphatic rings. The molecule has 0 saturated heterocycles. The number of esters is 4. The number of carbonyl (C=O) groups is 4. The van der Waals surface area contributed by atoms with Gasteiger partial charge in [0.2, 0.25) is 0 Å². The number of hydrogen-bond acceptors (Lipinski definition) is 13. The lowest BCUT2D eigenvalue weighted by molar-refractivity contribution is -0.156. The number of nitrogen functional groups attached to an aromatic ring is 5. The normalized spacial score (nSPS) is 19.9. The summed E-state index contributed by atoms with van der Waals surface area (Å²) in [4.78, 5) is 52.9. The fourth-order valence-electron chi connectivity index (χ4n) is 6.70. The molecule has 0 radical (unpaired) electrons. The molecule has 0 amide bonds. The van der Waals surface area contributed by atoms with Crippen LogP contribution in [0.15, 0.2) is 12.1 Å². The Morgan fingerprint density at radius 2 is 1.06 bits per heavy atom. The van der Waals surface area contributed by atoms with E-state index in [4.69, 9.17) is 47.6 Å². The molecule has 0 heterocycles. The molecule has 2 unspecified atom stereocenters. The number of ether oxygens (including phenoxy) is 4. The van der Waals surface area contributed by atoms with Crippen LogP contribution in [0.4, 0.5) is 28.4 Å². The van der Waals surface area contributed by atoms with Crippen LogP contribution < -0.4 is 38.1 Å². The number of rotatable bonds is 8. The molecule has 10 N–H and O–H groups in total. The molecule has 2 fully saturated rings. The zero-order chi connectivity index (χ0) is 35.6. The summed E-state index contributed by atoms with van der Waals surface area (Å²) in [6.45, 7) is 10.3. The van der Waals surface area contributed by atoms with Crippen molar-refractivity contribution in [3.63, 3.8) is 0 Å². The maximum Gasteiger partial charge on any atom is 0.423 e. The Morgan fingerprint density at radius 1 is 0.646 bits per heavy atom. The molecule has 4 rings (SSSR count). The summed E-state index contributed by atoms with van der Waals surface area (Å²) in [5.41, 5.74) is 29.5. The number of anilines is 5. The molecule has 13 heteroatoms. The van der Waals surface area contributed by atoms with Crippen molar-refractivity contribution < 1.29 is 38.1 Å². The maximum absolute atomic E-state index is 13.4. The lowest BCUT2D eigenvalue weighted by Crippen LogP contribution is -2.32. The van der Waals surface area contributed by atoms with Gasteiger partial charge in [-0.05, 0) is 73.0 Å². The van der Waals surface area contributed by atoms with Gasteiger partial charge in [-0.2, -0.15) is 0 Å². The second-order valence-corrected chi connectivity index (χ2v) is 14.4. The van der Waals surface area contributed by atoms with Gasteiger partial charge < -0.3 is 47.6 Å². The molecular formula is C35H49N5O8. The molecule has 2 aromatic rings. The monoisotopic (exact) mass is 667 g/mol. The molecule has 0 aromatic heterocycles. The summed E-state index contributed by atoms with van der Waals surface area (Å²) in [7, 11) is 0. The van der Waals surface area contributed by atoms with Crippen LogP contribution in [0.5, 0.6) is 11.5 Å². The van der Waals surface area contributed by atoms with E-state index >= 15 is 0 Å². The Morgan fingerprint density at radius 3 is 1.50 bits per heavy atom. The van der Waals surface area contributed by atoms with Gasteiger partial charge in [-0.25, -0.2) is 19.2 Å². The van der Waals surface area contributed by atoms with Crippen molar-refractivity contribution in [1.29, 1.82) is 0 Å². The summed E-state index contributed by atoms with van der Waals surface area (Å²) in [5, 5.41) is 0. The number of carbonyl (C=O) groups excluding carboxylic acids is 4. The molecule has 48 heavy (non-hydrogen) atoms. The van der Waals surface area contributed by atoms with Crippen molar-refractivity contribution >= 4 is 52.3 Å². The highest BCUT2D eigenvalue weighted by Gasteiger charge is 2.36. The first-order valence-corrected chi connectivity index (χ1v) is 16.4. The van der Waals surface area contributed by atoms with Crippen LogP contribution in [-0.4, -0.2) is 37.1 Å². The largest absolute Gasteiger partial charge is 0.462 e. The summed E-state index contributed by atoms with van der Waals surface area (Å²) in [6.07, 6.45) is 8.00. The third kappa shape index (κ3) is 7.71. The lowest BCUT2D eigenvalue weighted by atomic mass is 9.69. The summed E-state index contributed by atoms with van der Waals surface area (Å²) >= 11 is 0. The van der Waals surface area contributed by atoms with Gasteiger partial charge in [0.15, 0.2) is 11.5 Å². The van der Waals surface area contributed by atoms with E-state index in [-0.39, 0.29) is 69.9 Å². The van der Waals surface area contributed by atoms with Crippen molar-refractivity contribution in [3.8, 4) is 11.5 Å². The highest BCUT2D eigenvalue weighted by Crippen LogP contribution is 2.43. The summed E-state index contributed by atoms with van der Waals surface area (Å²) < 4.78 is 21.9. The number of benzene rings is 2. The molecule has 0 aliphatic heterocycles. The Hall–Kier alpha value is -4.68.